The Balaban J connectivity index is 1.17. The molecule has 0 atom stereocenters. The first-order valence-electron chi connectivity index (χ1n) is 9.61. The maximum Gasteiger partial charge on any atom is 0.229 e. The van der Waals surface area contributed by atoms with Gasteiger partial charge in [0, 0.05) is 39.3 Å². The van der Waals surface area contributed by atoms with E-state index in [9.17, 15) is 9.90 Å². The molecule has 2 fully saturated rings. The minimum Gasteiger partial charge on any atom is -0.506 e. The number of phenols is 1. The fourth-order valence-electron chi connectivity index (χ4n) is 3.94. The summed E-state index contributed by atoms with van der Waals surface area (Å²) in [5.74, 6) is 0.603. The molecule has 0 radical (unpaired) electrons. The van der Waals surface area contributed by atoms with Gasteiger partial charge >= 0.3 is 0 Å². The number of para-hydroxylation sites is 3. The quantitative estimate of drug-likeness (QED) is 0.740. The molecule has 0 unspecified atom stereocenters. The summed E-state index contributed by atoms with van der Waals surface area (Å²) in [6, 6.07) is 15.5. The predicted octanol–water partition coefficient (Wildman–Crippen LogP) is 2.79. The number of nitrogens with zero attached hydrogens (tertiary/aromatic N) is 4. The zero-order valence-corrected chi connectivity index (χ0v) is 16.3. The van der Waals surface area contributed by atoms with Crippen LogP contribution in [0.5, 0.6) is 5.75 Å². The molecule has 0 aliphatic carbocycles. The summed E-state index contributed by atoms with van der Waals surface area (Å²) in [7, 11) is 0. The molecular weight excluding hydrogens is 372 g/mol. The summed E-state index contributed by atoms with van der Waals surface area (Å²) < 4.78 is 1.19. The third-order valence-corrected chi connectivity index (χ3v) is 6.69. The average molecular weight is 395 g/mol. The lowest BCUT2D eigenvalue weighted by Gasteiger charge is -2.43. The summed E-state index contributed by atoms with van der Waals surface area (Å²) in [4.78, 5) is 23.9. The van der Waals surface area contributed by atoms with Crippen LogP contribution in [0.25, 0.3) is 10.2 Å². The fraction of sp³-hybridized carbons (Fsp3) is 0.333. The highest BCUT2D eigenvalue weighted by Crippen LogP contribution is 2.33. The van der Waals surface area contributed by atoms with Crippen molar-refractivity contribution in [1.29, 1.82) is 0 Å². The van der Waals surface area contributed by atoms with E-state index in [1.54, 1.807) is 17.4 Å². The van der Waals surface area contributed by atoms with Gasteiger partial charge in [0.2, 0.25) is 5.91 Å². The number of benzene rings is 2. The van der Waals surface area contributed by atoms with Gasteiger partial charge in [0.1, 0.15) is 5.75 Å². The smallest absolute Gasteiger partial charge is 0.229 e. The molecule has 6 nitrogen and oxygen atoms in total. The third kappa shape index (κ3) is 3.05. The summed E-state index contributed by atoms with van der Waals surface area (Å²) in [5, 5.41) is 11.0. The van der Waals surface area contributed by atoms with Crippen LogP contribution in [0.2, 0.25) is 0 Å². The van der Waals surface area contributed by atoms with Gasteiger partial charge < -0.3 is 19.8 Å². The number of phenolic OH excluding ortho intramolecular Hbond substituents is 1. The van der Waals surface area contributed by atoms with Gasteiger partial charge in [0.05, 0.1) is 21.8 Å². The Morgan fingerprint density at radius 2 is 1.68 bits per heavy atom. The maximum absolute atomic E-state index is 12.9. The van der Waals surface area contributed by atoms with Gasteiger partial charge in [-0.05, 0) is 24.3 Å². The Kier molecular flexibility index (Phi) is 4.31. The van der Waals surface area contributed by atoms with Crippen molar-refractivity contribution in [1.82, 2.24) is 9.88 Å². The van der Waals surface area contributed by atoms with E-state index in [-0.39, 0.29) is 11.8 Å². The van der Waals surface area contributed by atoms with Crippen molar-refractivity contribution < 1.29 is 9.90 Å². The van der Waals surface area contributed by atoms with E-state index in [0.29, 0.717) is 18.8 Å². The number of carbonyl (C=O) groups excluding carboxylic acids is 1. The van der Waals surface area contributed by atoms with E-state index >= 15 is 0 Å². The SMILES string of the molecule is O=C(C1CN(c2nc3ccccc3s2)C1)N1CCN(c2ccccc2O)CC1. The highest BCUT2D eigenvalue weighted by atomic mass is 32.1. The molecule has 0 saturated carbocycles. The van der Waals surface area contributed by atoms with E-state index in [2.05, 4.69) is 20.9 Å². The molecule has 3 aromatic rings. The molecule has 1 amide bonds. The van der Waals surface area contributed by atoms with Crippen molar-refractivity contribution in [2.45, 2.75) is 0 Å². The first-order chi connectivity index (χ1) is 13.7. The van der Waals surface area contributed by atoms with Crippen LogP contribution in [-0.4, -0.2) is 60.2 Å². The lowest BCUT2D eigenvalue weighted by atomic mass is 9.99. The van der Waals surface area contributed by atoms with E-state index in [1.165, 1.54) is 4.70 Å². The maximum atomic E-state index is 12.9. The number of hydrogen-bond acceptors (Lipinski definition) is 6. The van der Waals surface area contributed by atoms with Crippen molar-refractivity contribution in [3.63, 3.8) is 0 Å². The van der Waals surface area contributed by atoms with Crippen molar-refractivity contribution in [2.24, 2.45) is 5.92 Å². The summed E-state index contributed by atoms with van der Waals surface area (Å²) in [6.07, 6.45) is 0. The molecule has 0 bridgehead atoms. The Bertz CT molecular complexity index is 973. The number of carbonyl (C=O) groups is 1. The Morgan fingerprint density at radius 3 is 2.43 bits per heavy atom. The standard InChI is InChI=1S/C21H22N4O2S/c26-18-7-3-2-6-17(18)23-9-11-24(12-10-23)20(27)15-13-25(14-15)21-22-16-5-1-4-8-19(16)28-21/h1-8,15,26H,9-14H2. The molecule has 28 heavy (non-hydrogen) atoms. The minimum atomic E-state index is 0.0590. The van der Waals surface area contributed by atoms with Crippen LogP contribution in [0.3, 0.4) is 0 Å². The molecule has 2 aliphatic heterocycles. The number of aromatic hydroxyl groups is 1. The van der Waals surface area contributed by atoms with Crippen LogP contribution in [0.1, 0.15) is 0 Å². The molecular formula is C21H22N4O2S. The molecule has 1 aromatic heterocycles. The van der Waals surface area contributed by atoms with Gasteiger partial charge in [0.25, 0.3) is 0 Å². The van der Waals surface area contributed by atoms with Gasteiger partial charge in [-0.2, -0.15) is 0 Å². The zero-order valence-electron chi connectivity index (χ0n) is 15.5. The normalized spacial score (nSPS) is 17.8. The largest absolute Gasteiger partial charge is 0.506 e. The summed E-state index contributed by atoms with van der Waals surface area (Å²) in [6.45, 7) is 4.39. The van der Waals surface area contributed by atoms with E-state index in [1.807, 2.05) is 41.3 Å². The molecule has 0 spiro atoms. The first kappa shape index (κ1) is 17.3. The van der Waals surface area contributed by atoms with Gasteiger partial charge in [-0.25, -0.2) is 4.98 Å². The number of piperazine rings is 1. The second-order valence-corrected chi connectivity index (χ2v) is 8.38. The van der Waals surface area contributed by atoms with Crippen LogP contribution in [-0.2, 0) is 4.79 Å². The average Bonchev–Trinajstić information content (AvgIpc) is 3.11. The number of aromatic nitrogens is 1. The van der Waals surface area contributed by atoms with E-state index in [4.69, 9.17) is 0 Å². The molecule has 7 heteroatoms. The van der Waals surface area contributed by atoms with Crippen molar-refractivity contribution in [2.75, 3.05) is 49.1 Å². The highest BCUT2D eigenvalue weighted by molar-refractivity contribution is 7.22. The number of amides is 1. The van der Waals surface area contributed by atoms with Crippen molar-refractivity contribution >= 4 is 38.3 Å². The number of rotatable bonds is 3. The Morgan fingerprint density at radius 1 is 0.964 bits per heavy atom. The first-order valence-corrected chi connectivity index (χ1v) is 10.4. The second kappa shape index (κ2) is 6.98. The molecule has 2 saturated heterocycles. The van der Waals surface area contributed by atoms with Gasteiger partial charge in [-0.3, -0.25) is 4.79 Å². The van der Waals surface area contributed by atoms with Crippen LogP contribution in [0, 0.1) is 5.92 Å². The van der Waals surface area contributed by atoms with Crippen LogP contribution in [0.4, 0.5) is 10.8 Å². The van der Waals surface area contributed by atoms with Crippen LogP contribution >= 0.6 is 11.3 Å². The molecule has 3 heterocycles. The Labute approximate surface area is 167 Å². The predicted molar refractivity (Wildman–Crippen MR) is 112 cm³/mol. The van der Waals surface area contributed by atoms with E-state index in [0.717, 1.165) is 42.5 Å². The summed E-state index contributed by atoms with van der Waals surface area (Å²) in [5.41, 5.74) is 1.87. The highest BCUT2D eigenvalue weighted by Gasteiger charge is 2.37. The number of hydrogen-bond donors (Lipinski definition) is 1. The summed E-state index contributed by atoms with van der Waals surface area (Å²) >= 11 is 1.69. The van der Waals surface area contributed by atoms with Crippen molar-refractivity contribution in [3.8, 4) is 5.75 Å². The Hall–Kier alpha value is -2.80. The molecule has 2 aliphatic rings. The minimum absolute atomic E-state index is 0.0590. The van der Waals surface area contributed by atoms with Crippen LogP contribution < -0.4 is 9.80 Å². The third-order valence-electron chi connectivity index (χ3n) is 5.60. The molecule has 144 valence electrons. The lowest BCUT2D eigenvalue weighted by Crippen LogP contribution is -2.58. The van der Waals surface area contributed by atoms with Crippen molar-refractivity contribution in [3.05, 3.63) is 48.5 Å². The van der Waals surface area contributed by atoms with Gasteiger partial charge in [0.15, 0.2) is 5.13 Å². The van der Waals surface area contributed by atoms with Crippen LogP contribution in [0.15, 0.2) is 48.5 Å². The molecule has 2 aromatic carbocycles. The van der Waals surface area contributed by atoms with Gasteiger partial charge in [-0.1, -0.05) is 35.6 Å². The lowest BCUT2D eigenvalue weighted by molar-refractivity contribution is -0.136. The topological polar surface area (TPSA) is 59.9 Å². The number of anilines is 2. The fourth-order valence-corrected chi connectivity index (χ4v) is 4.93. The second-order valence-electron chi connectivity index (χ2n) is 7.37. The zero-order chi connectivity index (χ0) is 19.1. The van der Waals surface area contributed by atoms with Gasteiger partial charge in [-0.15, -0.1) is 0 Å². The molecule has 5 rings (SSSR count). The number of thiazole rings is 1. The molecule has 1 N–H and O–H groups in total. The van der Waals surface area contributed by atoms with E-state index < -0.39 is 0 Å². The monoisotopic (exact) mass is 394 g/mol. The number of fused-ring (bicyclic) bond motifs is 1.